The molecule has 3 rings (SSSR count). The first kappa shape index (κ1) is 19.2. The third-order valence-electron chi connectivity index (χ3n) is 6.91. The molecule has 4 atom stereocenters. The molecule has 0 saturated heterocycles. The molecule has 0 amide bonds. The largest absolute Gasteiger partial charge is 0.469 e. The highest BCUT2D eigenvalue weighted by atomic mass is 16.5. The van der Waals surface area contributed by atoms with E-state index in [9.17, 15) is 9.90 Å². The third-order valence-corrected chi connectivity index (χ3v) is 6.91. The summed E-state index contributed by atoms with van der Waals surface area (Å²) in [5.41, 5.74) is -0.269. The van der Waals surface area contributed by atoms with Crippen LogP contribution >= 0.6 is 0 Å². The van der Waals surface area contributed by atoms with Crippen molar-refractivity contribution in [3.8, 4) is 0 Å². The molecule has 0 unspecified atom stereocenters. The molecule has 0 heterocycles. The number of esters is 1. The summed E-state index contributed by atoms with van der Waals surface area (Å²) in [7, 11) is 1.45. The topological polar surface area (TPSA) is 46.5 Å². The van der Waals surface area contributed by atoms with Crippen LogP contribution in [0.15, 0.2) is 43.0 Å². The van der Waals surface area contributed by atoms with Crippen LogP contribution in [0.3, 0.4) is 0 Å². The van der Waals surface area contributed by atoms with Gasteiger partial charge in [0, 0.05) is 0 Å². The lowest BCUT2D eigenvalue weighted by Crippen LogP contribution is -2.51. The average molecular weight is 357 g/mol. The van der Waals surface area contributed by atoms with Crippen molar-refractivity contribution in [2.24, 2.45) is 17.3 Å². The molecule has 1 aromatic carbocycles. The summed E-state index contributed by atoms with van der Waals surface area (Å²) in [6.45, 7) is 3.80. The number of carbonyl (C=O) groups excluding carboxylic acids is 1. The van der Waals surface area contributed by atoms with Crippen molar-refractivity contribution < 1.29 is 14.6 Å². The number of aryl methyl sites for hydroxylation is 1. The van der Waals surface area contributed by atoms with Gasteiger partial charge < -0.3 is 9.84 Å². The zero-order chi connectivity index (χ0) is 18.6. The second kappa shape index (κ2) is 7.96. The lowest BCUT2D eigenvalue weighted by Gasteiger charge is -2.40. The van der Waals surface area contributed by atoms with E-state index in [0.717, 1.165) is 51.4 Å². The highest BCUT2D eigenvalue weighted by Crippen LogP contribution is 2.62. The average Bonchev–Trinajstić information content (AvgIpc) is 3.12. The molecule has 0 radical (unpaired) electrons. The smallest absolute Gasteiger partial charge is 0.314 e. The summed E-state index contributed by atoms with van der Waals surface area (Å²) >= 11 is 0. The molecule has 3 heteroatoms. The number of rotatable bonds is 8. The van der Waals surface area contributed by atoms with Gasteiger partial charge in [-0.05, 0) is 68.8 Å². The van der Waals surface area contributed by atoms with Crippen LogP contribution in [0, 0.1) is 17.3 Å². The Bertz CT molecular complexity index is 626. The number of hydrogen-bond acceptors (Lipinski definition) is 3. The van der Waals surface area contributed by atoms with Gasteiger partial charge >= 0.3 is 5.97 Å². The minimum atomic E-state index is -0.902. The minimum Gasteiger partial charge on any atom is -0.469 e. The van der Waals surface area contributed by atoms with Crippen LogP contribution in [-0.4, -0.2) is 23.8 Å². The van der Waals surface area contributed by atoms with Crippen molar-refractivity contribution in [1.82, 2.24) is 0 Å². The van der Waals surface area contributed by atoms with Crippen LogP contribution in [-0.2, 0) is 16.0 Å². The third kappa shape index (κ3) is 3.34. The number of hydrogen-bond donors (Lipinski definition) is 1. The van der Waals surface area contributed by atoms with Gasteiger partial charge in [-0.2, -0.15) is 0 Å². The quantitative estimate of drug-likeness (QED) is 0.543. The standard InChI is InChI=1S/C23H32O3/c1-3-4-14-22(21(24)26-2)15-13-20-16-19(17-23(20,22)25)12-8-11-18-9-6-5-7-10-18/h3,5-7,9-10,19-20,25H,1,4,8,11-17H2,2H3/t19-,20+,22+,23+/m0/s1. The summed E-state index contributed by atoms with van der Waals surface area (Å²) in [5.74, 6) is 0.504. The van der Waals surface area contributed by atoms with Gasteiger partial charge in [0.25, 0.3) is 0 Å². The van der Waals surface area contributed by atoms with E-state index in [2.05, 4.69) is 30.8 Å². The molecule has 142 valence electrons. The van der Waals surface area contributed by atoms with E-state index in [1.807, 2.05) is 12.1 Å². The van der Waals surface area contributed by atoms with Crippen molar-refractivity contribution in [3.05, 3.63) is 48.6 Å². The summed E-state index contributed by atoms with van der Waals surface area (Å²) in [4.78, 5) is 12.7. The summed E-state index contributed by atoms with van der Waals surface area (Å²) in [5, 5.41) is 11.6. The number of ether oxygens (including phenoxy) is 1. The van der Waals surface area contributed by atoms with E-state index in [1.54, 1.807) is 0 Å². The highest BCUT2D eigenvalue weighted by molar-refractivity contribution is 5.79. The second-order valence-corrected chi connectivity index (χ2v) is 8.24. The van der Waals surface area contributed by atoms with E-state index in [-0.39, 0.29) is 11.9 Å². The summed E-state index contributed by atoms with van der Waals surface area (Å²) < 4.78 is 5.15. The molecular weight excluding hydrogens is 324 g/mol. The molecule has 2 aliphatic carbocycles. The Labute approximate surface area is 157 Å². The molecular formula is C23H32O3. The van der Waals surface area contributed by atoms with Gasteiger partial charge in [0.05, 0.1) is 18.1 Å². The number of aliphatic hydroxyl groups is 1. The molecule has 0 spiro atoms. The normalized spacial score (nSPS) is 33.0. The molecule has 1 N–H and O–H groups in total. The molecule has 0 aromatic heterocycles. The van der Waals surface area contributed by atoms with Crippen LogP contribution in [0.2, 0.25) is 0 Å². The Kier molecular flexibility index (Phi) is 5.86. The van der Waals surface area contributed by atoms with E-state index < -0.39 is 11.0 Å². The summed E-state index contributed by atoms with van der Waals surface area (Å²) in [6.07, 6.45) is 10.0. The number of fused-ring (bicyclic) bond motifs is 1. The Morgan fingerprint density at radius 2 is 2.15 bits per heavy atom. The molecule has 26 heavy (non-hydrogen) atoms. The molecule has 0 bridgehead atoms. The van der Waals surface area contributed by atoms with E-state index >= 15 is 0 Å². The maximum Gasteiger partial charge on any atom is 0.314 e. The Hall–Kier alpha value is -1.61. The number of allylic oxidation sites excluding steroid dienone is 1. The lowest BCUT2D eigenvalue weighted by atomic mass is 9.68. The van der Waals surface area contributed by atoms with Gasteiger partial charge in [0.1, 0.15) is 0 Å². The van der Waals surface area contributed by atoms with Crippen molar-refractivity contribution in [2.45, 2.75) is 63.4 Å². The molecule has 2 aliphatic rings. The maximum absolute atomic E-state index is 12.7. The zero-order valence-corrected chi connectivity index (χ0v) is 16.0. The molecule has 2 fully saturated rings. The monoisotopic (exact) mass is 356 g/mol. The number of methoxy groups -OCH3 is 1. The molecule has 1 aromatic rings. The number of carbonyl (C=O) groups is 1. The van der Waals surface area contributed by atoms with Crippen LogP contribution in [0.25, 0.3) is 0 Å². The van der Waals surface area contributed by atoms with Gasteiger partial charge in [-0.15, -0.1) is 6.58 Å². The fourth-order valence-corrected chi connectivity index (χ4v) is 5.59. The molecule has 2 saturated carbocycles. The lowest BCUT2D eigenvalue weighted by molar-refractivity contribution is -0.172. The van der Waals surface area contributed by atoms with E-state index in [1.165, 1.54) is 12.7 Å². The predicted octanol–water partition coefficient (Wildman–Crippen LogP) is 4.69. The van der Waals surface area contributed by atoms with Gasteiger partial charge in [-0.1, -0.05) is 42.8 Å². The van der Waals surface area contributed by atoms with Crippen molar-refractivity contribution in [2.75, 3.05) is 7.11 Å². The Morgan fingerprint density at radius 1 is 1.38 bits per heavy atom. The molecule has 3 nitrogen and oxygen atoms in total. The fourth-order valence-electron chi connectivity index (χ4n) is 5.59. The van der Waals surface area contributed by atoms with Crippen LogP contribution in [0.5, 0.6) is 0 Å². The van der Waals surface area contributed by atoms with Gasteiger partial charge in [-0.3, -0.25) is 4.79 Å². The van der Waals surface area contributed by atoms with Crippen molar-refractivity contribution in [3.63, 3.8) is 0 Å². The maximum atomic E-state index is 12.7. The highest BCUT2D eigenvalue weighted by Gasteiger charge is 2.66. The first-order valence-electron chi connectivity index (χ1n) is 10.0. The van der Waals surface area contributed by atoms with Crippen LogP contribution in [0.4, 0.5) is 0 Å². The minimum absolute atomic E-state index is 0.228. The van der Waals surface area contributed by atoms with Crippen molar-refractivity contribution in [1.29, 1.82) is 0 Å². The Balaban J connectivity index is 1.65. The van der Waals surface area contributed by atoms with Crippen molar-refractivity contribution >= 4 is 5.97 Å². The predicted molar refractivity (Wildman–Crippen MR) is 104 cm³/mol. The van der Waals surface area contributed by atoms with Gasteiger partial charge in [0.2, 0.25) is 0 Å². The fraction of sp³-hybridized carbons (Fsp3) is 0.609. The van der Waals surface area contributed by atoms with Gasteiger partial charge in [-0.25, -0.2) is 0 Å². The first-order chi connectivity index (χ1) is 12.6. The van der Waals surface area contributed by atoms with Gasteiger partial charge in [0.15, 0.2) is 0 Å². The van der Waals surface area contributed by atoms with Crippen LogP contribution < -0.4 is 0 Å². The first-order valence-corrected chi connectivity index (χ1v) is 10.0. The SMILES string of the molecule is C=CCC[C@]1(C(=O)OC)CC[C@@H]2C[C@H](CCCc3ccccc3)C[C@@]21O. The number of benzene rings is 1. The van der Waals surface area contributed by atoms with E-state index in [0.29, 0.717) is 12.3 Å². The second-order valence-electron chi connectivity index (χ2n) is 8.24. The summed E-state index contributed by atoms with van der Waals surface area (Å²) in [6, 6.07) is 10.6. The Morgan fingerprint density at radius 3 is 2.85 bits per heavy atom. The molecule has 0 aliphatic heterocycles. The van der Waals surface area contributed by atoms with Crippen LogP contribution in [0.1, 0.15) is 56.9 Å². The zero-order valence-electron chi connectivity index (χ0n) is 16.0. The van der Waals surface area contributed by atoms with E-state index in [4.69, 9.17) is 4.74 Å².